The fraction of sp³-hybridized carbons (Fsp3) is 0.545. The van der Waals surface area contributed by atoms with E-state index in [1.54, 1.807) is 0 Å². The monoisotopic (exact) mass is 223 g/mol. The van der Waals surface area contributed by atoms with Gasteiger partial charge in [-0.3, -0.25) is 0 Å². The average molecular weight is 223 g/mol. The molecule has 0 amide bonds. The number of hydrogen-bond donors (Lipinski definition) is 2. The van der Waals surface area contributed by atoms with Gasteiger partial charge in [0.25, 0.3) is 0 Å². The molecule has 4 heteroatoms. The number of pyridine rings is 1. The Balaban J connectivity index is 1.82. The molecule has 0 radical (unpaired) electrons. The Hall–Kier alpha value is -0.740. The van der Waals surface area contributed by atoms with E-state index in [0.29, 0.717) is 0 Å². The van der Waals surface area contributed by atoms with Crippen LogP contribution in [0.2, 0.25) is 0 Å². The number of nitrogens with two attached hydrogens (primary N) is 1. The van der Waals surface area contributed by atoms with Gasteiger partial charge in [-0.1, -0.05) is 18.9 Å². The Morgan fingerprint density at radius 1 is 1.40 bits per heavy atom. The van der Waals surface area contributed by atoms with Crippen LogP contribution in [0.5, 0.6) is 0 Å². The standard InChI is InChI=1S/C11H17N3S/c12-14-11-6-5-9(7-13-11)8-15-10-3-1-2-4-10/h5-7,10H,1-4,8,12H2,(H,13,14). The largest absolute Gasteiger partial charge is 0.308 e. The third-order valence-electron chi connectivity index (χ3n) is 2.76. The molecule has 1 fully saturated rings. The van der Waals surface area contributed by atoms with Crippen LogP contribution in [0, 0.1) is 0 Å². The second-order valence-electron chi connectivity index (χ2n) is 3.91. The Morgan fingerprint density at radius 2 is 2.20 bits per heavy atom. The van der Waals surface area contributed by atoms with Gasteiger partial charge in [0.05, 0.1) is 0 Å². The third-order valence-corrected chi connectivity index (χ3v) is 4.20. The number of hydrogen-bond acceptors (Lipinski definition) is 4. The Labute approximate surface area is 94.8 Å². The van der Waals surface area contributed by atoms with Crippen molar-refractivity contribution < 1.29 is 0 Å². The van der Waals surface area contributed by atoms with Gasteiger partial charge in [-0.05, 0) is 24.5 Å². The summed E-state index contributed by atoms with van der Waals surface area (Å²) >= 11 is 2.06. The van der Waals surface area contributed by atoms with Gasteiger partial charge in [0, 0.05) is 17.2 Å². The van der Waals surface area contributed by atoms with E-state index < -0.39 is 0 Å². The third kappa shape index (κ3) is 3.11. The van der Waals surface area contributed by atoms with Crippen LogP contribution >= 0.6 is 11.8 Å². The van der Waals surface area contributed by atoms with Crippen LogP contribution in [-0.4, -0.2) is 10.2 Å². The molecule has 0 atom stereocenters. The molecule has 0 aliphatic heterocycles. The first-order valence-corrected chi connectivity index (χ1v) is 6.46. The first-order valence-electron chi connectivity index (χ1n) is 5.41. The average Bonchev–Trinajstić information content (AvgIpc) is 2.80. The Kier molecular flexibility index (Phi) is 3.86. The lowest BCUT2D eigenvalue weighted by Gasteiger charge is -2.08. The van der Waals surface area contributed by atoms with Gasteiger partial charge in [-0.15, -0.1) is 0 Å². The van der Waals surface area contributed by atoms with Gasteiger partial charge in [-0.2, -0.15) is 11.8 Å². The van der Waals surface area contributed by atoms with E-state index in [9.17, 15) is 0 Å². The smallest absolute Gasteiger partial charge is 0.139 e. The molecule has 1 saturated carbocycles. The van der Waals surface area contributed by atoms with Crippen LogP contribution in [0.1, 0.15) is 31.2 Å². The van der Waals surface area contributed by atoms with Crippen LogP contribution in [0.3, 0.4) is 0 Å². The zero-order valence-electron chi connectivity index (χ0n) is 8.78. The van der Waals surface area contributed by atoms with Crippen LogP contribution in [-0.2, 0) is 5.75 Å². The molecule has 1 heterocycles. The molecule has 3 N–H and O–H groups in total. The van der Waals surface area contributed by atoms with E-state index in [1.165, 1.54) is 31.2 Å². The molecule has 0 aromatic carbocycles. The number of anilines is 1. The van der Waals surface area contributed by atoms with Gasteiger partial charge >= 0.3 is 0 Å². The van der Waals surface area contributed by atoms with E-state index in [4.69, 9.17) is 5.84 Å². The lowest BCUT2D eigenvalue weighted by Crippen LogP contribution is -2.08. The normalized spacial score (nSPS) is 16.9. The highest BCUT2D eigenvalue weighted by atomic mass is 32.2. The highest BCUT2D eigenvalue weighted by molar-refractivity contribution is 7.99. The van der Waals surface area contributed by atoms with Crippen LogP contribution in [0.25, 0.3) is 0 Å². The molecule has 2 rings (SSSR count). The van der Waals surface area contributed by atoms with Crippen LogP contribution < -0.4 is 11.3 Å². The predicted octanol–water partition coefficient (Wildman–Crippen LogP) is 2.54. The van der Waals surface area contributed by atoms with E-state index in [0.717, 1.165) is 16.8 Å². The summed E-state index contributed by atoms with van der Waals surface area (Å²) in [4.78, 5) is 4.19. The highest BCUT2D eigenvalue weighted by Crippen LogP contribution is 2.31. The van der Waals surface area contributed by atoms with Crippen LogP contribution in [0.4, 0.5) is 5.82 Å². The number of nitrogens with zero attached hydrogens (tertiary/aromatic N) is 1. The number of hydrazine groups is 1. The summed E-state index contributed by atoms with van der Waals surface area (Å²) in [6, 6.07) is 4.01. The highest BCUT2D eigenvalue weighted by Gasteiger charge is 2.14. The summed E-state index contributed by atoms with van der Waals surface area (Å²) < 4.78 is 0. The van der Waals surface area contributed by atoms with Crippen molar-refractivity contribution in [3.63, 3.8) is 0 Å². The van der Waals surface area contributed by atoms with Crippen molar-refractivity contribution in [2.24, 2.45) is 5.84 Å². The summed E-state index contributed by atoms with van der Waals surface area (Å²) in [6.45, 7) is 0. The quantitative estimate of drug-likeness (QED) is 0.608. The van der Waals surface area contributed by atoms with Crippen molar-refractivity contribution in [1.82, 2.24) is 4.98 Å². The van der Waals surface area contributed by atoms with Crippen molar-refractivity contribution in [2.75, 3.05) is 5.43 Å². The molecule has 0 spiro atoms. The van der Waals surface area contributed by atoms with E-state index in [2.05, 4.69) is 28.2 Å². The Bertz CT molecular complexity index is 293. The van der Waals surface area contributed by atoms with Gasteiger partial charge in [0.1, 0.15) is 5.82 Å². The molecule has 1 aliphatic rings. The lowest BCUT2D eigenvalue weighted by atomic mass is 10.3. The maximum Gasteiger partial charge on any atom is 0.139 e. The van der Waals surface area contributed by atoms with Gasteiger partial charge in [-0.25, -0.2) is 10.8 Å². The Morgan fingerprint density at radius 3 is 2.80 bits per heavy atom. The summed E-state index contributed by atoms with van der Waals surface area (Å²) in [7, 11) is 0. The number of aromatic nitrogens is 1. The van der Waals surface area contributed by atoms with E-state index >= 15 is 0 Å². The minimum absolute atomic E-state index is 0.726. The first-order chi connectivity index (χ1) is 7.38. The number of nitrogen functional groups attached to an aromatic ring is 1. The fourth-order valence-corrected chi connectivity index (χ4v) is 3.13. The molecule has 0 saturated heterocycles. The summed E-state index contributed by atoms with van der Waals surface area (Å²) in [6.07, 6.45) is 7.50. The zero-order chi connectivity index (χ0) is 10.5. The topological polar surface area (TPSA) is 50.9 Å². The first kappa shape index (κ1) is 10.8. The van der Waals surface area contributed by atoms with Crippen molar-refractivity contribution in [2.45, 2.75) is 36.7 Å². The van der Waals surface area contributed by atoms with E-state index in [-0.39, 0.29) is 0 Å². The minimum atomic E-state index is 0.726. The van der Waals surface area contributed by atoms with E-state index in [1.807, 2.05) is 12.3 Å². The SMILES string of the molecule is NNc1ccc(CSC2CCCC2)cn1. The summed E-state index contributed by atoms with van der Waals surface area (Å²) in [5, 5.41) is 0.873. The van der Waals surface area contributed by atoms with Crippen molar-refractivity contribution >= 4 is 17.6 Å². The van der Waals surface area contributed by atoms with Crippen molar-refractivity contribution in [3.8, 4) is 0 Å². The fourth-order valence-electron chi connectivity index (χ4n) is 1.86. The van der Waals surface area contributed by atoms with Gasteiger partial charge < -0.3 is 5.43 Å². The number of thioether (sulfide) groups is 1. The number of nitrogens with one attached hydrogen (secondary N) is 1. The second-order valence-corrected chi connectivity index (χ2v) is 5.20. The molecule has 15 heavy (non-hydrogen) atoms. The van der Waals surface area contributed by atoms with Gasteiger partial charge in [0.15, 0.2) is 0 Å². The summed E-state index contributed by atoms with van der Waals surface area (Å²) in [5.41, 5.74) is 3.82. The molecule has 0 bridgehead atoms. The molecule has 1 aromatic heterocycles. The lowest BCUT2D eigenvalue weighted by molar-refractivity contribution is 0.886. The molecule has 0 unspecified atom stereocenters. The molecular formula is C11H17N3S. The minimum Gasteiger partial charge on any atom is -0.308 e. The maximum absolute atomic E-state index is 5.26. The predicted molar refractivity (Wildman–Crippen MR) is 65.6 cm³/mol. The molecule has 1 aliphatic carbocycles. The van der Waals surface area contributed by atoms with Crippen molar-refractivity contribution in [3.05, 3.63) is 23.9 Å². The summed E-state index contributed by atoms with van der Waals surface area (Å²) in [5.74, 6) is 7.05. The second kappa shape index (κ2) is 5.37. The molecular weight excluding hydrogens is 206 g/mol. The molecule has 82 valence electrons. The molecule has 3 nitrogen and oxygen atoms in total. The van der Waals surface area contributed by atoms with Crippen molar-refractivity contribution in [1.29, 1.82) is 0 Å². The number of rotatable bonds is 4. The van der Waals surface area contributed by atoms with Crippen LogP contribution in [0.15, 0.2) is 18.3 Å². The zero-order valence-corrected chi connectivity index (χ0v) is 9.59. The molecule has 1 aromatic rings. The van der Waals surface area contributed by atoms with Gasteiger partial charge in [0.2, 0.25) is 0 Å². The maximum atomic E-state index is 5.26.